The SMILES string of the molecule is C=S(N)c1cc(Cc2ccccc2)ccc1C. The predicted octanol–water partition coefficient (Wildman–Crippen LogP) is 3.52. The van der Waals surface area contributed by atoms with Crippen LogP contribution < -0.4 is 5.14 Å². The van der Waals surface area contributed by atoms with Gasteiger partial charge in [-0.15, -0.1) is 0 Å². The summed E-state index contributed by atoms with van der Waals surface area (Å²) in [4.78, 5) is 1.17. The van der Waals surface area contributed by atoms with Crippen molar-refractivity contribution in [2.45, 2.75) is 18.2 Å². The molecule has 0 aliphatic rings. The van der Waals surface area contributed by atoms with Crippen molar-refractivity contribution in [3.63, 3.8) is 0 Å². The van der Waals surface area contributed by atoms with Crippen molar-refractivity contribution in [3.8, 4) is 0 Å². The number of benzene rings is 2. The van der Waals surface area contributed by atoms with Crippen molar-refractivity contribution in [1.82, 2.24) is 0 Å². The van der Waals surface area contributed by atoms with E-state index in [1.54, 1.807) is 0 Å². The summed E-state index contributed by atoms with van der Waals surface area (Å²) in [5, 5.41) is 5.89. The molecule has 0 aliphatic carbocycles. The van der Waals surface area contributed by atoms with Gasteiger partial charge < -0.3 is 0 Å². The van der Waals surface area contributed by atoms with Crippen molar-refractivity contribution >= 4 is 16.5 Å². The van der Waals surface area contributed by atoms with Crippen molar-refractivity contribution < 1.29 is 0 Å². The Morgan fingerprint density at radius 3 is 2.41 bits per heavy atom. The predicted molar refractivity (Wildman–Crippen MR) is 77.6 cm³/mol. The smallest absolute Gasteiger partial charge is 0.0182 e. The zero-order valence-electron chi connectivity index (χ0n) is 10.0. The Morgan fingerprint density at radius 1 is 1.06 bits per heavy atom. The van der Waals surface area contributed by atoms with E-state index >= 15 is 0 Å². The molecule has 2 aromatic rings. The first-order valence-corrected chi connectivity index (χ1v) is 7.04. The fraction of sp³-hybridized carbons (Fsp3) is 0.133. The average Bonchev–Trinajstić information content (AvgIpc) is 2.32. The Bertz CT molecular complexity index is 532. The highest BCUT2D eigenvalue weighted by atomic mass is 32.2. The van der Waals surface area contributed by atoms with E-state index in [0.29, 0.717) is 0 Å². The second-order valence-corrected chi connectivity index (χ2v) is 5.49. The van der Waals surface area contributed by atoms with Gasteiger partial charge in [0, 0.05) is 4.90 Å². The molecule has 0 aromatic heterocycles. The summed E-state index contributed by atoms with van der Waals surface area (Å²) in [6, 6.07) is 16.9. The third-order valence-corrected chi connectivity index (χ3v) is 3.79. The largest absolute Gasteiger partial charge is 0.280 e. The maximum atomic E-state index is 5.89. The minimum atomic E-state index is -0.409. The third kappa shape index (κ3) is 3.05. The highest BCUT2D eigenvalue weighted by molar-refractivity contribution is 8.12. The summed E-state index contributed by atoms with van der Waals surface area (Å²) in [7, 11) is -0.409. The van der Waals surface area contributed by atoms with Gasteiger partial charge in [0.1, 0.15) is 0 Å². The second-order valence-electron chi connectivity index (χ2n) is 4.19. The average molecular weight is 243 g/mol. The van der Waals surface area contributed by atoms with Crippen molar-refractivity contribution in [2.24, 2.45) is 5.14 Å². The van der Waals surface area contributed by atoms with Gasteiger partial charge in [0.05, 0.1) is 0 Å². The lowest BCUT2D eigenvalue weighted by atomic mass is 10.0. The van der Waals surface area contributed by atoms with Crippen LogP contribution in [0.25, 0.3) is 0 Å². The zero-order chi connectivity index (χ0) is 12.3. The number of rotatable bonds is 3. The van der Waals surface area contributed by atoms with E-state index < -0.39 is 10.7 Å². The first-order chi connectivity index (χ1) is 8.16. The number of aryl methyl sites for hydroxylation is 1. The summed E-state index contributed by atoms with van der Waals surface area (Å²) in [5.41, 5.74) is 3.84. The lowest BCUT2D eigenvalue weighted by Crippen LogP contribution is -1.93. The van der Waals surface area contributed by atoms with Crippen molar-refractivity contribution in [2.75, 3.05) is 0 Å². The van der Waals surface area contributed by atoms with Gasteiger partial charge in [-0.3, -0.25) is 5.14 Å². The molecule has 0 heterocycles. The second kappa shape index (κ2) is 5.30. The quantitative estimate of drug-likeness (QED) is 0.820. The van der Waals surface area contributed by atoms with Gasteiger partial charge in [0.15, 0.2) is 0 Å². The molecule has 0 saturated carbocycles. The number of nitrogens with two attached hydrogens (primary N) is 1. The monoisotopic (exact) mass is 243 g/mol. The van der Waals surface area contributed by atoms with E-state index in [1.807, 2.05) is 6.07 Å². The van der Waals surface area contributed by atoms with E-state index in [9.17, 15) is 0 Å². The number of hydrogen-bond donors (Lipinski definition) is 1. The molecule has 88 valence electrons. The van der Waals surface area contributed by atoms with Crippen LogP contribution in [0.15, 0.2) is 53.4 Å². The summed E-state index contributed by atoms with van der Waals surface area (Å²) < 4.78 is 0. The molecule has 1 unspecified atom stereocenters. The molecule has 0 saturated heterocycles. The van der Waals surface area contributed by atoms with E-state index in [1.165, 1.54) is 21.6 Å². The van der Waals surface area contributed by atoms with Gasteiger partial charge in [-0.05, 0) is 36.1 Å². The lowest BCUT2D eigenvalue weighted by Gasteiger charge is -2.09. The van der Waals surface area contributed by atoms with Gasteiger partial charge >= 0.3 is 0 Å². The molecule has 2 aromatic carbocycles. The third-order valence-electron chi connectivity index (χ3n) is 2.79. The lowest BCUT2D eigenvalue weighted by molar-refractivity contribution is 1.15. The van der Waals surface area contributed by atoms with Crippen LogP contribution in [0.5, 0.6) is 0 Å². The van der Waals surface area contributed by atoms with Gasteiger partial charge in [-0.2, -0.15) is 0 Å². The van der Waals surface area contributed by atoms with Crippen molar-refractivity contribution in [1.29, 1.82) is 0 Å². The Kier molecular flexibility index (Phi) is 3.77. The zero-order valence-corrected chi connectivity index (χ0v) is 10.8. The van der Waals surface area contributed by atoms with Crippen molar-refractivity contribution in [3.05, 3.63) is 65.2 Å². The molecule has 0 aliphatic heterocycles. The topological polar surface area (TPSA) is 26.0 Å². The van der Waals surface area contributed by atoms with Gasteiger partial charge in [0.2, 0.25) is 0 Å². The molecular formula is C15H17NS. The van der Waals surface area contributed by atoms with Crippen LogP contribution in [0, 0.1) is 6.92 Å². The minimum Gasteiger partial charge on any atom is -0.280 e. The maximum absolute atomic E-state index is 5.89. The first kappa shape index (κ1) is 12.1. The highest BCUT2D eigenvalue weighted by Crippen LogP contribution is 2.24. The van der Waals surface area contributed by atoms with Crippen LogP contribution in [0.1, 0.15) is 16.7 Å². The van der Waals surface area contributed by atoms with Crippen LogP contribution in [0.3, 0.4) is 0 Å². The molecule has 0 bridgehead atoms. The Morgan fingerprint density at radius 2 is 1.76 bits per heavy atom. The standard InChI is InChI=1S/C15H17NS/c1-12-8-9-14(11-15(12)17(2)16)10-13-6-4-3-5-7-13/h3-9,11H,2,10,16H2,1H3. The summed E-state index contributed by atoms with van der Waals surface area (Å²) >= 11 is 0. The number of hydrogen-bond acceptors (Lipinski definition) is 1. The molecule has 1 nitrogen and oxygen atoms in total. The molecule has 0 radical (unpaired) electrons. The molecular weight excluding hydrogens is 226 g/mol. The van der Waals surface area contributed by atoms with Gasteiger partial charge in [0.25, 0.3) is 0 Å². The van der Waals surface area contributed by atoms with Crippen LogP contribution in [0.4, 0.5) is 0 Å². The molecule has 0 fully saturated rings. The highest BCUT2D eigenvalue weighted by Gasteiger charge is 2.02. The van der Waals surface area contributed by atoms with E-state index in [0.717, 1.165) is 6.42 Å². The summed E-state index contributed by atoms with van der Waals surface area (Å²) in [6.45, 7) is 2.08. The maximum Gasteiger partial charge on any atom is 0.0182 e. The van der Waals surface area contributed by atoms with Crippen LogP contribution in [-0.2, 0) is 6.42 Å². The Balaban J connectivity index is 2.29. The molecule has 2 rings (SSSR count). The van der Waals surface area contributed by atoms with E-state index in [4.69, 9.17) is 5.14 Å². The van der Waals surface area contributed by atoms with Gasteiger partial charge in [-0.25, -0.2) is 0 Å². The van der Waals surface area contributed by atoms with E-state index in [2.05, 4.69) is 55.3 Å². The molecule has 0 amide bonds. The minimum absolute atomic E-state index is 0.409. The molecule has 2 heteroatoms. The van der Waals surface area contributed by atoms with Crippen LogP contribution in [0.2, 0.25) is 0 Å². The fourth-order valence-electron chi connectivity index (χ4n) is 1.87. The van der Waals surface area contributed by atoms with Gasteiger partial charge in [-0.1, -0.05) is 59.0 Å². The first-order valence-electron chi connectivity index (χ1n) is 5.58. The molecule has 2 N–H and O–H groups in total. The normalized spacial score (nSPS) is 12.4. The fourth-order valence-corrected chi connectivity index (χ4v) is 2.65. The Labute approximate surface area is 105 Å². The summed E-state index contributed by atoms with van der Waals surface area (Å²) in [5.74, 6) is 3.92. The van der Waals surface area contributed by atoms with Crippen LogP contribution in [-0.4, -0.2) is 5.87 Å². The molecule has 17 heavy (non-hydrogen) atoms. The Hall–Kier alpha value is -1.38. The van der Waals surface area contributed by atoms with E-state index in [-0.39, 0.29) is 0 Å². The molecule has 1 atom stereocenters. The molecule has 0 spiro atoms. The van der Waals surface area contributed by atoms with Crippen LogP contribution >= 0.6 is 10.7 Å². The summed E-state index contributed by atoms with van der Waals surface area (Å²) in [6.07, 6.45) is 0.950.